The molecule has 3 aliphatic heterocycles. The van der Waals surface area contributed by atoms with Gasteiger partial charge in [0.1, 0.15) is 16.7 Å². The summed E-state index contributed by atoms with van der Waals surface area (Å²) in [5.74, 6) is -1.77. The molecule has 1 aliphatic carbocycles. The minimum Gasteiger partial charge on any atom is -0.488 e. The standard InChI is InChI=1S/C37H41N5O7S/c43-18-6-15-39-33(44)25-8-1-2-9-26(25)34(45)41-17-13-23-7-5-12-30(49-24-14-16-40(20-24)37(48)31-19-38-22-50-31)32(23)29(41)21-42-35(46)27-10-3-4-11-28(27)36(42)47/h3-5,7,10-12,19,22,24-26,29,43H,1-2,6,8-9,13-18,20-21H2,(H,39,44)/t24-,25-,26+,29+/m0/s1. The summed E-state index contributed by atoms with van der Waals surface area (Å²) in [5.41, 5.74) is 4.01. The molecule has 0 spiro atoms. The van der Waals surface area contributed by atoms with Crippen LogP contribution in [0.1, 0.15) is 86.1 Å². The molecule has 4 atom stereocenters. The zero-order valence-electron chi connectivity index (χ0n) is 27.8. The predicted molar refractivity (Wildman–Crippen MR) is 184 cm³/mol. The van der Waals surface area contributed by atoms with Crippen molar-refractivity contribution >= 4 is 40.9 Å². The number of benzene rings is 2. The van der Waals surface area contributed by atoms with Crippen LogP contribution in [0.15, 0.2) is 54.2 Å². The van der Waals surface area contributed by atoms with E-state index < -0.39 is 29.7 Å². The van der Waals surface area contributed by atoms with E-state index in [4.69, 9.17) is 4.74 Å². The van der Waals surface area contributed by atoms with Gasteiger partial charge in [-0.2, -0.15) is 0 Å². The van der Waals surface area contributed by atoms with Crippen molar-refractivity contribution in [2.24, 2.45) is 11.8 Å². The number of amides is 5. The van der Waals surface area contributed by atoms with Gasteiger partial charge in [-0.3, -0.25) is 33.9 Å². The largest absolute Gasteiger partial charge is 0.488 e. The lowest BCUT2D eigenvalue weighted by atomic mass is 9.77. The van der Waals surface area contributed by atoms with Gasteiger partial charge in [0, 0.05) is 50.1 Å². The van der Waals surface area contributed by atoms with Crippen LogP contribution < -0.4 is 10.1 Å². The average molecular weight is 700 g/mol. The third kappa shape index (κ3) is 6.51. The number of imide groups is 1. The Morgan fingerprint density at radius 1 is 0.960 bits per heavy atom. The van der Waals surface area contributed by atoms with E-state index in [1.54, 1.807) is 45.8 Å². The van der Waals surface area contributed by atoms with Crippen LogP contribution in [0.2, 0.25) is 0 Å². The fourth-order valence-electron chi connectivity index (χ4n) is 7.91. The third-order valence-corrected chi connectivity index (χ3v) is 11.2. The molecule has 4 aliphatic rings. The van der Waals surface area contributed by atoms with Crippen molar-refractivity contribution in [3.63, 3.8) is 0 Å². The number of aromatic nitrogens is 1. The number of carbonyl (C=O) groups is 5. The number of likely N-dealkylation sites (tertiary alicyclic amines) is 1. The lowest BCUT2D eigenvalue weighted by molar-refractivity contribution is -0.146. The molecule has 50 heavy (non-hydrogen) atoms. The quantitative estimate of drug-likeness (QED) is 0.242. The van der Waals surface area contributed by atoms with Crippen LogP contribution in [0.3, 0.4) is 0 Å². The highest BCUT2D eigenvalue weighted by Gasteiger charge is 2.45. The molecule has 4 heterocycles. The topological polar surface area (TPSA) is 149 Å². The van der Waals surface area contributed by atoms with Crippen LogP contribution in [0.5, 0.6) is 5.75 Å². The molecule has 262 valence electrons. The Hall–Kier alpha value is -4.62. The normalized spacial score (nSPS) is 23.1. The van der Waals surface area contributed by atoms with Crippen LogP contribution >= 0.6 is 11.3 Å². The second-order valence-corrected chi connectivity index (χ2v) is 14.3. The maximum absolute atomic E-state index is 14.7. The minimum absolute atomic E-state index is 0.0360. The fraction of sp³-hybridized carbons (Fsp3) is 0.459. The molecule has 3 aromatic rings. The number of hydrogen-bond donors (Lipinski definition) is 2. The van der Waals surface area contributed by atoms with E-state index in [1.165, 1.54) is 16.2 Å². The summed E-state index contributed by atoms with van der Waals surface area (Å²) in [5, 5.41) is 12.1. The smallest absolute Gasteiger partial charge is 0.265 e. The maximum Gasteiger partial charge on any atom is 0.265 e. The summed E-state index contributed by atoms with van der Waals surface area (Å²) in [6.45, 7) is 1.52. The second kappa shape index (κ2) is 14.7. The highest BCUT2D eigenvalue weighted by atomic mass is 32.1. The summed E-state index contributed by atoms with van der Waals surface area (Å²) >= 11 is 1.30. The van der Waals surface area contributed by atoms with Crippen molar-refractivity contribution in [3.8, 4) is 5.75 Å². The first kappa shape index (κ1) is 33.9. The zero-order valence-corrected chi connectivity index (χ0v) is 28.6. The molecule has 1 saturated heterocycles. The zero-order chi connectivity index (χ0) is 34.8. The molecule has 12 nitrogen and oxygen atoms in total. The van der Waals surface area contributed by atoms with Crippen LogP contribution in [-0.4, -0.2) is 99.8 Å². The summed E-state index contributed by atoms with van der Waals surface area (Å²) in [6, 6.07) is 11.8. The molecule has 7 rings (SSSR count). The van der Waals surface area contributed by atoms with Gasteiger partial charge in [0.25, 0.3) is 17.7 Å². The number of nitrogens with zero attached hydrogens (tertiary/aromatic N) is 4. The molecule has 2 aromatic carbocycles. The number of fused-ring (bicyclic) bond motifs is 2. The number of aliphatic hydroxyl groups excluding tert-OH is 1. The van der Waals surface area contributed by atoms with Crippen LogP contribution in [0.4, 0.5) is 0 Å². The second-order valence-electron chi connectivity index (χ2n) is 13.4. The molecule has 2 N–H and O–H groups in total. The highest BCUT2D eigenvalue weighted by molar-refractivity contribution is 7.11. The Kier molecular flexibility index (Phi) is 9.95. The molecular formula is C37H41N5O7S. The van der Waals surface area contributed by atoms with Gasteiger partial charge in [-0.1, -0.05) is 37.1 Å². The number of rotatable bonds is 10. The maximum atomic E-state index is 14.7. The Labute approximate surface area is 294 Å². The molecule has 2 fully saturated rings. The molecule has 5 amide bonds. The predicted octanol–water partition coefficient (Wildman–Crippen LogP) is 3.46. The Morgan fingerprint density at radius 2 is 1.72 bits per heavy atom. The van der Waals surface area contributed by atoms with Gasteiger partial charge in [0.05, 0.1) is 42.0 Å². The van der Waals surface area contributed by atoms with Gasteiger partial charge in [-0.05, 0) is 49.4 Å². The molecule has 1 aromatic heterocycles. The van der Waals surface area contributed by atoms with Gasteiger partial charge < -0.3 is 25.0 Å². The molecular weight excluding hydrogens is 659 g/mol. The van der Waals surface area contributed by atoms with E-state index in [2.05, 4.69) is 10.3 Å². The average Bonchev–Trinajstić information content (AvgIpc) is 3.90. The lowest BCUT2D eigenvalue weighted by Crippen LogP contribution is -2.51. The van der Waals surface area contributed by atoms with Crippen molar-refractivity contribution in [2.75, 3.05) is 39.3 Å². The number of thiazole rings is 1. The van der Waals surface area contributed by atoms with Crippen molar-refractivity contribution in [3.05, 3.63) is 81.3 Å². The molecule has 0 radical (unpaired) electrons. The fourth-order valence-corrected chi connectivity index (χ4v) is 8.50. The van der Waals surface area contributed by atoms with Gasteiger partial charge in [-0.15, -0.1) is 11.3 Å². The Bertz CT molecular complexity index is 1750. The molecule has 1 saturated carbocycles. The SMILES string of the molecule is O=C(NCCCO)[C@H]1CCCC[C@H]1C(=O)N1CCc2cccc(O[C@H]3CCN(C(=O)c4cncs4)C3)c2[C@H]1CN1C(=O)c2ccccc2C1=O. The first-order valence-electron chi connectivity index (χ1n) is 17.5. The summed E-state index contributed by atoms with van der Waals surface area (Å²) in [7, 11) is 0. The number of hydrogen-bond acceptors (Lipinski definition) is 9. The van der Waals surface area contributed by atoms with Crippen LogP contribution in [-0.2, 0) is 16.0 Å². The van der Waals surface area contributed by atoms with Gasteiger partial charge in [0.2, 0.25) is 11.8 Å². The van der Waals surface area contributed by atoms with E-state index in [0.29, 0.717) is 80.0 Å². The number of carbonyl (C=O) groups excluding carboxylic acids is 5. The minimum atomic E-state index is -0.707. The Balaban J connectivity index is 1.19. The van der Waals surface area contributed by atoms with Crippen LogP contribution in [0.25, 0.3) is 0 Å². The van der Waals surface area contributed by atoms with E-state index >= 15 is 0 Å². The Morgan fingerprint density at radius 3 is 2.44 bits per heavy atom. The van der Waals surface area contributed by atoms with E-state index in [0.717, 1.165) is 24.0 Å². The van der Waals surface area contributed by atoms with Crippen molar-refractivity contribution in [2.45, 2.75) is 57.1 Å². The summed E-state index contributed by atoms with van der Waals surface area (Å²) in [6.07, 6.45) is 5.67. The van der Waals surface area contributed by atoms with Crippen molar-refractivity contribution < 1.29 is 33.8 Å². The number of aliphatic hydroxyl groups is 1. The lowest BCUT2D eigenvalue weighted by Gasteiger charge is -2.43. The van der Waals surface area contributed by atoms with Gasteiger partial charge in [0.15, 0.2) is 0 Å². The van der Waals surface area contributed by atoms with Gasteiger partial charge >= 0.3 is 0 Å². The first-order chi connectivity index (χ1) is 24.4. The first-order valence-corrected chi connectivity index (χ1v) is 18.3. The van der Waals surface area contributed by atoms with Crippen molar-refractivity contribution in [1.82, 2.24) is 25.0 Å². The highest BCUT2D eigenvalue weighted by Crippen LogP contribution is 2.42. The monoisotopic (exact) mass is 699 g/mol. The van der Waals surface area contributed by atoms with E-state index in [1.807, 2.05) is 18.2 Å². The number of ether oxygens (including phenoxy) is 1. The summed E-state index contributed by atoms with van der Waals surface area (Å²) < 4.78 is 6.65. The van der Waals surface area contributed by atoms with E-state index in [-0.39, 0.29) is 37.0 Å². The molecule has 0 unspecified atom stereocenters. The van der Waals surface area contributed by atoms with E-state index in [9.17, 15) is 29.1 Å². The summed E-state index contributed by atoms with van der Waals surface area (Å²) in [4.78, 5) is 77.7. The third-order valence-electron chi connectivity index (χ3n) is 10.4. The number of nitrogens with one attached hydrogen (secondary N) is 1. The van der Waals surface area contributed by atoms with Crippen molar-refractivity contribution in [1.29, 1.82) is 0 Å². The molecule has 0 bridgehead atoms. The van der Waals surface area contributed by atoms with Crippen LogP contribution in [0, 0.1) is 11.8 Å². The molecule has 13 heteroatoms. The van der Waals surface area contributed by atoms with Gasteiger partial charge in [-0.25, -0.2) is 0 Å².